The van der Waals surface area contributed by atoms with Gasteiger partial charge in [-0.25, -0.2) is 5.48 Å². The predicted molar refractivity (Wildman–Crippen MR) is 111 cm³/mol. The summed E-state index contributed by atoms with van der Waals surface area (Å²) in [4.78, 5) is 27.4. The molecule has 0 unspecified atom stereocenters. The number of nitrogens with two attached hydrogens (primary N) is 1. The predicted octanol–water partition coefficient (Wildman–Crippen LogP) is 3.02. The van der Waals surface area contributed by atoms with E-state index in [1.54, 1.807) is 29.1 Å². The summed E-state index contributed by atoms with van der Waals surface area (Å²) >= 11 is 2.37. The van der Waals surface area contributed by atoms with Crippen LogP contribution in [0.5, 0.6) is 0 Å². The maximum atomic E-state index is 11.8. The fraction of sp³-hybridized carbons (Fsp3) is 0.278. The molecule has 0 spiro atoms. The SMILES string of the molecule is CC/C=C(\SC/C=C/SC(N)=NC(=O)COC1=CC=CC=CC1)C(=O)NO. The van der Waals surface area contributed by atoms with Gasteiger partial charge in [-0.1, -0.05) is 55.1 Å². The lowest BCUT2D eigenvalue weighted by Crippen LogP contribution is -2.19. The van der Waals surface area contributed by atoms with Crippen molar-refractivity contribution in [2.75, 3.05) is 12.4 Å². The molecule has 27 heavy (non-hydrogen) atoms. The molecule has 4 N–H and O–H groups in total. The number of hydrogen-bond acceptors (Lipinski definition) is 6. The number of nitrogens with one attached hydrogen (secondary N) is 1. The molecule has 0 atom stereocenters. The summed E-state index contributed by atoms with van der Waals surface area (Å²) in [7, 11) is 0. The third-order valence-electron chi connectivity index (χ3n) is 2.91. The van der Waals surface area contributed by atoms with Crippen LogP contribution in [0.2, 0.25) is 0 Å². The lowest BCUT2D eigenvalue weighted by atomic mass is 10.3. The average molecular weight is 410 g/mol. The Balaban J connectivity index is 2.35. The Morgan fingerprint density at radius 1 is 1.41 bits per heavy atom. The second-order valence-electron chi connectivity index (χ2n) is 5.00. The van der Waals surface area contributed by atoms with Crippen molar-refractivity contribution in [1.29, 1.82) is 0 Å². The van der Waals surface area contributed by atoms with Gasteiger partial charge in [0.25, 0.3) is 11.8 Å². The van der Waals surface area contributed by atoms with Gasteiger partial charge in [0, 0.05) is 12.2 Å². The van der Waals surface area contributed by atoms with Crippen molar-refractivity contribution in [2.45, 2.75) is 19.8 Å². The van der Waals surface area contributed by atoms with Crippen molar-refractivity contribution in [3.05, 3.63) is 58.6 Å². The number of amidine groups is 1. The Hall–Kier alpha value is -2.23. The van der Waals surface area contributed by atoms with Crippen LogP contribution in [0.1, 0.15) is 19.8 Å². The minimum absolute atomic E-state index is 0.108. The number of nitrogens with zero attached hydrogens (tertiary/aromatic N) is 1. The van der Waals surface area contributed by atoms with E-state index in [0.29, 0.717) is 29.3 Å². The molecule has 1 aliphatic rings. The first-order valence-electron chi connectivity index (χ1n) is 8.18. The summed E-state index contributed by atoms with van der Waals surface area (Å²) in [5.74, 6) is 0.193. The van der Waals surface area contributed by atoms with Gasteiger partial charge in [0.05, 0.1) is 4.91 Å². The lowest BCUT2D eigenvalue weighted by Gasteiger charge is -2.05. The molecule has 0 aromatic heterocycles. The number of carbonyl (C=O) groups is 2. The van der Waals surface area contributed by atoms with Crippen molar-refractivity contribution >= 4 is 40.5 Å². The molecule has 0 aromatic rings. The van der Waals surface area contributed by atoms with E-state index in [4.69, 9.17) is 15.7 Å². The molecule has 9 heteroatoms. The van der Waals surface area contributed by atoms with Gasteiger partial charge in [-0.3, -0.25) is 14.8 Å². The van der Waals surface area contributed by atoms with E-state index in [1.165, 1.54) is 11.8 Å². The van der Waals surface area contributed by atoms with E-state index in [0.717, 1.165) is 11.8 Å². The highest BCUT2D eigenvalue weighted by Crippen LogP contribution is 2.17. The second-order valence-corrected chi connectivity index (χ2v) is 6.99. The number of aliphatic imine (C=N–C) groups is 1. The van der Waals surface area contributed by atoms with Gasteiger partial charge in [-0.05, 0) is 17.9 Å². The summed E-state index contributed by atoms with van der Waals surface area (Å²) < 4.78 is 5.40. The van der Waals surface area contributed by atoms with Gasteiger partial charge in [-0.2, -0.15) is 4.99 Å². The van der Waals surface area contributed by atoms with E-state index in [2.05, 4.69) is 4.99 Å². The van der Waals surface area contributed by atoms with Crippen LogP contribution in [0.3, 0.4) is 0 Å². The summed E-state index contributed by atoms with van der Waals surface area (Å²) in [6.07, 6.45) is 14.2. The molecule has 2 amide bonds. The molecule has 0 saturated carbocycles. The smallest absolute Gasteiger partial charge is 0.285 e. The number of carbonyl (C=O) groups excluding carboxylic acids is 2. The quantitative estimate of drug-likeness (QED) is 0.176. The highest BCUT2D eigenvalue weighted by molar-refractivity contribution is 8.16. The monoisotopic (exact) mass is 409 g/mol. The molecule has 0 bridgehead atoms. The molecule has 0 radical (unpaired) electrons. The van der Waals surface area contributed by atoms with E-state index >= 15 is 0 Å². The summed E-state index contributed by atoms with van der Waals surface area (Å²) in [5.41, 5.74) is 7.31. The van der Waals surface area contributed by atoms with E-state index in [9.17, 15) is 9.59 Å². The maximum absolute atomic E-state index is 11.8. The molecule has 0 fully saturated rings. The fourth-order valence-electron chi connectivity index (χ4n) is 1.75. The standard InChI is InChI=1S/C18H23N3O4S2/c1-2-8-15(17(23)21-24)26-11-7-12-27-18(19)20-16(22)13-25-14-9-5-3-4-6-10-14/h3-9,12,24H,2,10-11,13H2,1H3,(H,21,23)(H2,19,20,22)/b12-7+,15-8-. The number of hydrogen-bond donors (Lipinski definition) is 3. The Bertz CT molecular complexity index is 695. The van der Waals surface area contributed by atoms with Gasteiger partial charge < -0.3 is 10.5 Å². The van der Waals surface area contributed by atoms with Crippen LogP contribution in [-0.2, 0) is 14.3 Å². The van der Waals surface area contributed by atoms with Gasteiger partial charge in [0.1, 0.15) is 5.76 Å². The van der Waals surface area contributed by atoms with Crippen LogP contribution in [0.15, 0.2) is 63.6 Å². The van der Waals surface area contributed by atoms with E-state index in [-0.39, 0.29) is 11.8 Å². The molecular weight excluding hydrogens is 386 g/mol. The summed E-state index contributed by atoms with van der Waals surface area (Å²) in [6.45, 7) is 1.73. The minimum atomic E-state index is -0.538. The zero-order chi connectivity index (χ0) is 19.9. The average Bonchev–Trinajstić information content (AvgIpc) is 2.93. The van der Waals surface area contributed by atoms with Gasteiger partial charge in [-0.15, -0.1) is 11.8 Å². The normalized spacial score (nSPS) is 14.8. The first-order chi connectivity index (χ1) is 13.1. The zero-order valence-electron chi connectivity index (χ0n) is 15.0. The largest absolute Gasteiger partial charge is 0.488 e. The highest BCUT2D eigenvalue weighted by Gasteiger charge is 2.07. The first-order valence-corrected chi connectivity index (χ1v) is 10.0. The molecule has 0 aromatic carbocycles. The number of allylic oxidation sites excluding steroid dienone is 6. The second kappa shape index (κ2) is 13.9. The fourth-order valence-corrected chi connectivity index (χ4v) is 3.19. The Kier molecular flexibility index (Phi) is 11.7. The molecule has 0 saturated heterocycles. The Morgan fingerprint density at radius 2 is 2.22 bits per heavy atom. The number of amides is 2. The highest BCUT2D eigenvalue weighted by atomic mass is 32.2. The minimum Gasteiger partial charge on any atom is -0.488 e. The summed E-state index contributed by atoms with van der Waals surface area (Å²) in [6, 6.07) is 0. The van der Waals surface area contributed by atoms with Crippen LogP contribution in [0.25, 0.3) is 0 Å². The molecule has 1 rings (SSSR count). The third kappa shape index (κ3) is 10.5. The van der Waals surface area contributed by atoms with E-state index in [1.807, 2.05) is 31.2 Å². The number of thioether (sulfide) groups is 2. The summed E-state index contributed by atoms with van der Waals surface area (Å²) in [5, 5.41) is 10.5. The van der Waals surface area contributed by atoms with Crippen molar-refractivity contribution in [3.8, 4) is 0 Å². The van der Waals surface area contributed by atoms with Crippen LogP contribution < -0.4 is 11.2 Å². The van der Waals surface area contributed by atoms with Gasteiger partial charge >= 0.3 is 0 Å². The maximum Gasteiger partial charge on any atom is 0.285 e. The Morgan fingerprint density at radius 3 is 2.96 bits per heavy atom. The van der Waals surface area contributed by atoms with Crippen LogP contribution in [-0.4, -0.2) is 34.5 Å². The molecule has 7 nitrogen and oxygen atoms in total. The Labute approximate surface area is 167 Å². The molecule has 0 heterocycles. The zero-order valence-corrected chi connectivity index (χ0v) is 16.6. The van der Waals surface area contributed by atoms with E-state index < -0.39 is 11.8 Å². The van der Waals surface area contributed by atoms with Crippen LogP contribution >= 0.6 is 23.5 Å². The van der Waals surface area contributed by atoms with Crippen molar-refractivity contribution in [2.24, 2.45) is 10.7 Å². The van der Waals surface area contributed by atoms with Crippen molar-refractivity contribution in [3.63, 3.8) is 0 Å². The number of hydroxylamine groups is 1. The number of ether oxygens (including phenoxy) is 1. The van der Waals surface area contributed by atoms with Gasteiger partial charge in [0.15, 0.2) is 11.8 Å². The van der Waals surface area contributed by atoms with Crippen molar-refractivity contribution < 1.29 is 19.5 Å². The topological polar surface area (TPSA) is 114 Å². The number of rotatable bonds is 9. The van der Waals surface area contributed by atoms with Crippen LogP contribution in [0.4, 0.5) is 0 Å². The lowest BCUT2D eigenvalue weighted by molar-refractivity contribution is -0.124. The molecule has 0 aliphatic heterocycles. The third-order valence-corrected chi connectivity index (χ3v) is 4.59. The molecule has 146 valence electrons. The van der Waals surface area contributed by atoms with Crippen molar-refractivity contribution in [1.82, 2.24) is 5.48 Å². The first kappa shape index (κ1) is 22.8. The van der Waals surface area contributed by atoms with Gasteiger partial charge in [0.2, 0.25) is 0 Å². The molecular formula is C18H23N3O4S2. The van der Waals surface area contributed by atoms with Crippen LogP contribution in [0, 0.1) is 0 Å². The molecule has 1 aliphatic carbocycles.